The zero-order valence-electron chi connectivity index (χ0n) is 12.2. The van der Waals surface area contributed by atoms with E-state index >= 15 is 0 Å². The largest absolute Gasteiger partial charge is 0.378 e. The predicted molar refractivity (Wildman–Crippen MR) is 76.7 cm³/mol. The Hall–Kier alpha value is -0.700. The van der Waals surface area contributed by atoms with Crippen LogP contribution in [-0.2, 0) is 19.6 Å². The van der Waals surface area contributed by atoms with Gasteiger partial charge >= 0.3 is 0 Å². The summed E-state index contributed by atoms with van der Waals surface area (Å²) in [4.78, 5) is 13.3. The Morgan fingerprint density at radius 2 is 1.85 bits per heavy atom. The van der Waals surface area contributed by atoms with Crippen molar-refractivity contribution in [3.63, 3.8) is 0 Å². The van der Waals surface area contributed by atoms with Crippen LogP contribution in [0, 0.1) is 0 Å². The predicted octanol–water partition coefficient (Wildman–Crippen LogP) is -0.766. The van der Waals surface area contributed by atoms with Gasteiger partial charge in [0.1, 0.15) is 0 Å². The van der Waals surface area contributed by atoms with Crippen molar-refractivity contribution in [1.82, 2.24) is 9.21 Å². The number of carbonyl (C=O) groups excluding carboxylic acids is 1. The van der Waals surface area contributed by atoms with Gasteiger partial charge < -0.3 is 15.4 Å². The molecule has 1 aliphatic heterocycles. The molecule has 1 saturated heterocycles. The Balaban J connectivity index is 2.41. The molecule has 0 atom stereocenters. The molecule has 20 heavy (non-hydrogen) atoms. The first kappa shape index (κ1) is 17.4. The van der Waals surface area contributed by atoms with Crippen LogP contribution >= 0.6 is 0 Å². The van der Waals surface area contributed by atoms with Crippen molar-refractivity contribution in [3.05, 3.63) is 0 Å². The van der Waals surface area contributed by atoms with Crippen molar-refractivity contribution in [2.24, 2.45) is 5.73 Å². The molecule has 0 bridgehead atoms. The molecule has 1 fully saturated rings. The monoisotopic (exact) mass is 307 g/mol. The molecule has 1 heterocycles. The van der Waals surface area contributed by atoms with Crippen molar-refractivity contribution in [3.8, 4) is 0 Å². The first-order valence-electron chi connectivity index (χ1n) is 6.94. The van der Waals surface area contributed by atoms with Gasteiger partial charge in [-0.25, -0.2) is 8.42 Å². The van der Waals surface area contributed by atoms with Gasteiger partial charge in [-0.05, 0) is 13.8 Å². The summed E-state index contributed by atoms with van der Waals surface area (Å²) >= 11 is 0. The average molecular weight is 307 g/mol. The lowest BCUT2D eigenvalue weighted by Crippen LogP contribution is -2.51. The molecular formula is C12H25N3O4S. The van der Waals surface area contributed by atoms with E-state index in [1.54, 1.807) is 4.90 Å². The van der Waals surface area contributed by atoms with Gasteiger partial charge in [-0.3, -0.25) is 4.79 Å². The van der Waals surface area contributed by atoms with Gasteiger partial charge in [-0.1, -0.05) is 0 Å². The number of hydrogen-bond acceptors (Lipinski definition) is 5. The Bertz CT molecular complexity index is 403. The lowest BCUT2D eigenvalue weighted by Gasteiger charge is -2.34. The Morgan fingerprint density at radius 3 is 2.35 bits per heavy atom. The minimum atomic E-state index is -3.29. The maximum Gasteiger partial charge on any atom is 0.223 e. The third kappa shape index (κ3) is 5.35. The molecule has 0 aliphatic carbocycles. The van der Waals surface area contributed by atoms with Gasteiger partial charge in [-0.2, -0.15) is 4.31 Å². The second kappa shape index (κ2) is 7.92. The van der Waals surface area contributed by atoms with E-state index in [4.69, 9.17) is 10.5 Å². The third-order valence-corrected chi connectivity index (χ3v) is 4.97. The van der Waals surface area contributed by atoms with Crippen LogP contribution in [0.25, 0.3) is 0 Å². The fourth-order valence-electron chi connectivity index (χ4n) is 2.02. The quantitative estimate of drug-likeness (QED) is 0.667. The van der Waals surface area contributed by atoms with Crippen LogP contribution in [0.15, 0.2) is 0 Å². The molecule has 2 N–H and O–H groups in total. The van der Waals surface area contributed by atoms with Crippen molar-refractivity contribution >= 4 is 15.9 Å². The molecule has 1 rings (SSSR count). The summed E-state index contributed by atoms with van der Waals surface area (Å²) in [6.45, 7) is 5.83. The number of piperazine rings is 1. The van der Waals surface area contributed by atoms with E-state index in [1.807, 2.05) is 13.8 Å². The van der Waals surface area contributed by atoms with Crippen molar-refractivity contribution in [1.29, 1.82) is 0 Å². The summed E-state index contributed by atoms with van der Waals surface area (Å²) in [7, 11) is -3.29. The Labute approximate surface area is 121 Å². The molecule has 0 radical (unpaired) electrons. The number of ether oxygens (including phenoxy) is 1. The Kier molecular flexibility index (Phi) is 6.87. The second-order valence-corrected chi connectivity index (χ2v) is 7.14. The second-order valence-electron chi connectivity index (χ2n) is 5.05. The fourth-order valence-corrected chi connectivity index (χ4v) is 3.30. The highest BCUT2D eigenvalue weighted by atomic mass is 32.2. The third-order valence-electron chi connectivity index (χ3n) is 3.14. The van der Waals surface area contributed by atoms with Gasteiger partial charge in [0, 0.05) is 39.1 Å². The van der Waals surface area contributed by atoms with E-state index in [-0.39, 0.29) is 24.4 Å². The van der Waals surface area contributed by atoms with E-state index in [0.717, 1.165) is 0 Å². The lowest BCUT2D eigenvalue weighted by molar-refractivity contribution is -0.132. The maximum atomic E-state index is 12.1. The zero-order valence-corrected chi connectivity index (χ0v) is 13.1. The van der Waals surface area contributed by atoms with Crippen molar-refractivity contribution in [2.75, 3.05) is 45.1 Å². The van der Waals surface area contributed by atoms with Gasteiger partial charge in [0.05, 0.1) is 18.5 Å². The molecule has 7 nitrogen and oxygen atoms in total. The number of carbonyl (C=O) groups is 1. The smallest absolute Gasteiger partial charge is 0.223 e. The van der Waals surface area contributed by atoms with E-state index < -0.39 is 10.0 Å². The summed E-state index contributed by atoms with van der Waals surface area (Å²) in [5.74, 6) is -0.0187. The van der Waals surface area contributed by atoms with Crippen molar-refractivity contribution in [2.45, 2.75) is 26.4 Å². The number of hydrogen-bond donors (Lipinski definition) is 1. The molecular weight excluding hydrogens is 282 g/mol. The standard InChI is InChI=1S/C12H25N3O4S/c1-11(2)19-9-10-20(17,18)15-7-5-14(6-8-15)12(16)3-4-13/h11H,3-10,13H2,1-2H3. The van der Waals surface area contributed by atoms with Crippen LogP contribution < -0.4 is 5.73 Å². The van der Waals surface area contributed by atoms with Crippen LogP contribution in [0.1, 0.15) is 20.3 Å². The average Bonchev–Trinajstić information content (AvgIpc) is 2.38. The molecule has 0 aromatic carbocycles. The van der Waals surface area contributed by atoms with Crippen molar-refractivity contribution < 1.29 is 17.9 Å². The van der Waals surface area contributed by atoms with Crippen LogP contribution in [0.5, 0.6) is 0 Å². The zero-order chi connectivity index (χ0) is 15.2. The lowest BCUT2D eigenvalue weighted by atomic mass is 10.3. The van der Waals surface area contributed by atoms with E-state index in [1.165, 1.54) is 4.31 Å². The summed E-state index contributed by atoms with van der Waals surface area (Å²) in [5, 5.41) is 0. The Morgan fingerprint density at radius 1 is 1.25 bits per heavy atom. The summed E-state index contributed by atoms with van der Waals surface area (Å²) < 4.78 is 30.9. The number of sulfonamides is 1. The minimum Gasteiger partial charge on any atom is -0.378 e. The highest BCUT2D eigenvalue weighted by Crippen LogP contribution is 2.09. The summed E-state index contributed by atoms with van der Waals surface area (Å²) in [5.41, 5.74) is 5.34. The maximum absolute atomic E-state index is 12.1. The first-order valence-corrected chi connectivity index (χ1v) is 8.55. The molecule has 1 amide bonds. The molecule has 0 unspecified atom stereocenters. The SMILES string of the molecule is CC(C)OCCS(=O)(=O)N1CCN(C(=O)CCN)CC1. The molecule has 8 heteroatoms. The number of nitrogens with two attached hydrogens (primary N) is 1. The first-order chi connectivity index (χ1) is 9.36. The van der Waals surface area contributed by atoms with Gasteiger partial charge in [0.25, 0.3) is 0 Å². The molecule has 118 valence electrons. The highest BCUT2D eigenvalue weighted by Gasteiger charge is 2.28. The fraction of sp³-hybridized carbons (Fsp3) is 0.917. The van der Waals surface area contributed by atoms with Gasteiger partial charge in [0.2, 0.25) is 15.9 Å². The molecule has 0 aromatic heterocycles. The van der Waals surface area contributed by atoms with E-state index in [0.29, 0.717) is 39.1 Å². The molecule has 0 aromatic rings. The van der Waals surface area contributed by atoms with Gasteiger partial charge in [-0.15, -0.1) is 0 Å². The minimum absolute atomic E-state index is 0.00677. The van der Waals surface area contributed by atoms with E-state index in [9.17, 15) is 13.2 Å². The summed E-state index contributed by atoms with van der Waals surface area (Å²) in [6, 6.07) is 0. The van der Waals surface area contributed by atoms with Crippen LogP contribution in [0.2, 0.25) is 0 Å². The van der Waals surface area contributed by atoms with Crippen LogP contribution in [0.4, 0.5) is 0 Å². The number of rotatable bonds is 7. The van der Waals surface area contributed by atoms with Crippen LogP contribution in [0.3, 0.4) is 0 Å². The summed E-state index contributed by atoms with van der Waals surface area (Å²) in [6.07, 6.45) is 0.338. The van der Waals surface area contributed by atoms with Gasteiger partial charge in [0.15, 0.2) is 0 Å². The molecule has 1 aliphatic rings. The molecule has 0 spiro atoms. The van der Waals surface area contributed by atoms with Crippen LogP contribution in [-0.4, -0.2) is 74.7 Å². The van der Waals surface area contributed by atoms with E-state index in [2.05, 4.69) is 0 Å². The number of amides is 1. The molecule has 0 saturated carbocycles. The topological polar surface area (TPSA) is 92.9 Å². The number of nitrogens with zero attached hydrogens (tertiary/aromatic N) is 2. The highest BCUT2D eigenvalue weighted by molar-refractivity contribution is 7.89. The normalized spacial score (nSPS) is 17.7.